The first-order valence-corrected chi connectivity index (χ1v) is 8.78. The molecule has 124 valence electrons. The van der Waals surface area contributed by atoms with Gasteiger partial charge in [-0.15, -0.1) is 0 Å². The Balaban J connectivity index is 1.81. The summed E-state index contributed by atoms with van der Waals surface area (Å²) in [5, 5.41) is 8.13. The minimum Gasteiger partial charge on any atom is -0.368 e. The Kier molecular flexibility index (Phi) is 5.41. The van der Waals surface area contributed by atoms with E-state index in [1.165, 1.54) is 6.42 Å². The Morgan fingerprint density at radius 1 is 1.22 bits per heavy atom. The Morgan fingerprint density at radius 3 is 2.78 bits per heavy atom. The van der Waals surface area contributed by atoms with Crippen LogP contribution in [0.2, 0.25) is 0 Å². The second-order valence-electron chi connectivity index (χ2n) is 6.05. The molecule has 23 heavy (non-hydrogen) atoms. The highest BCUT2D eigenvalue weighted by Gasteiger charge is 2.20. The quantitative estimate of drug-likeness (QED) is 0.823. The van der Waals surface area contributed by atoms with Crippen LogP contribution in [-0.2, 0) is 0 Å². The number of aromatic nitrogens is 2. The highest BCUT2D eigenvalue weighted by atomic mass is 15.1. The van der Waals surface area contributed by atoms with Gasteiger partial charge in [-0.1, -0.05) is 26.0 Å². The van der Waals surface area contributed by atoms with Gasteiger partial charge in [0.2, 0.25) is 0 Å². The third-order valence-corrected chi connectivity index (χ3v) is 4.61. The summed E-state index contributed by atoms with van der Waals surface area (Å²) in [6, 6.07) is 8.56. The van der Waals surface area contributed by atoms with E-state index >= 15 is 0 Å². The second-order valence-corrected chi connectivity index (χ2v) is 6.05. The van der Waals surface area contributed by atoms with Crippen molar-refractivity contribution in [3.05, 3.63) is 30.1 Å². The highest BCUT2D eigenvalue weighted by Crippen LogP contribution is 2.26. The number of para-hydroxylation sites is 1. The van der Waals surface area contributed by atoms with Gasteiger partial charge in [0.25, 0.3) is 0 Å². The molecule has 1 saturated heterocycles. The van der Waals surface area contributed by atoms with Gasteiger partial charge in [0.05, 0.1) is 11.6 Å². The molecule has 1 atom stereocenters. The van der Waals surface area contributed by atoms with E-state index < -0.39 is 0 Å². The summed E-state index contributed by atoms with van der Waals surface area (Å²) >= 11 is 0. The lowest BCUT2D eigenvalue weighted by Crippen LogP contribution is -2.29. The number of nitrogens with one attached hydrogen (secondary N) is 2. The molecule has 0 saturated carbocycles. The van der Waals surface area contributed by atoms with Gasteiger partial charge in [-0.2, -0.15) is 0 Å². The molecule has 0 spiro atoms. The molecule has 0 radical (unpaired) electrons. The number of benzene rings is 1. The first kappa shape index (κ1) is 16.1. The van der Waals surface area contributed by atoms with Gasteiger partial charge in [0.15, 0.2) is 0 Å². The number of hydrogen-bond donors (Lipinski definition) is 2. The molecule has 5 nitrogen and oxygen atoms in total. The van der Waals surface area contributed by atoms with Crippen molar-refractivity contribution in [3.63, 3.8) is 0 Å². The minimum absolute atomic E-state index is 0.294. The number of anilines is 1. The van der Waals surface area contributed by atoms with Gasteiger partial charge < -0.3 is 15.5 Å². The lowest BCUT2D eigenvalue weighted by atomic mass is 10.2. The van der Waals surface area contributed by atoms with Crippen molar-refractivity contribution in [1.82, 2.24) is 20.2 Å². The predicted octanol–water partition coefficient (Wildman–Crippen LogP) is 2.81. The fourth-order valence-corrected chi connectivity index (χ4v) is 3.16. The van der Waals surface area contributed by atoms with E-state index in [1.54, 1.807) is 0 Å². The summed E-state index contributed by atoms with van der Waals surface area (Å²) in [5.74, 6) is 1.89. The van der Waals surface area contributed by atoms with Crippen molar-refractivity contribution in [2.75, 3.05) is 38.0 Å². The van der Waals surface area contributed by atoms with Crippen molar-refractivity contribution in [3.8, 4) is 0 Å². The molecule has 1 aliphatic rings. The molecule has 1 aromatic heterocycles. The summed E-state index contributed by atoms with van der Waals surface area (Å²) in [6.45, 7) is 9.56. The van der Waals surface area contributed by atoms with E-state index in [2.05, 4.69) is 47.6 Å². The van der Waals surface area contributed by atoms with Crippen LogP contribution in [0.1, 0.15) is 38.6 Å². The molecule has 1 unspecified atom stereocenters. The zero-order chi connectivity index (χ0) is 16.1. The maximum absolute atomic E-state index is 4.83. The van der Waals surface area contributed by atoms with Crippen molar-refractivity contribution < 1.29 is 0 Å². The Bertz CT molecular complexity index is 632. The van der Waals surface area contributed by atoms with Crippen molar-refractivity contribution in [2.24, 2.45) is 0 Å². The van der Waals surface area contributed by atoms with Crippen LogP contribution in [-0.4, -0.2) is 47.6 Å². The summed E-state index contributed by atoms with van der Waals surface area (Å²) in [6.07, 6.45) is 2.32. The first-order valence-electron chi connectivity index (χ1n) is 8.78. The summed E-state index contributed by atoms with van der Waals surface area (Å²) in [5.41, 5.74) is 1.02. The molecule has 1 aliphatic heterocycles. The van der Waals surface area contributed by atoms with E-state index in [-0.39, 0.29) is 0 Å². The van der Waals surface area contributed by atoms with Crippen LogP contribution in [0.15, 0.2) is 24.3 Å². The number of fused-ring (bicyclic) bond motifs is 1. The molecule has 3 rings (SSSR count). The molecule has 1 aromatic carbocycles. The zero-order valence-corrected chi connectivity index (χ0v) is 14.2. The third-order valence-electron chi connectivity index (χ3n) is 4.61. The Labute approximate surface area is 138 Å². The number of hydrogen-bond acceptors (Lipinski definition) is 5. The van der Waals surface area contributed by atoms with Gasteiger partial charge in [0.1, 0.15) is 11.6 Å². The SMILES string of the molecule is CCN(CC)CCNc1nc(C2CCCN2)nc2ccccc12. The fraction of sp³-hybridized carbons (Fsp3) is 0.556. The lowest BCUT2D eigenvalue weighted by Gasteiger charge is -2.19. The molecule has 1 fully saturated rings. The molecule has 5 heteroatoms. The molecule has 2 heterocycles. The Morgan fingerprint density at radius 2 is 2.04 bits per heavy atom. The summed E-state index contributed by atoms with van der Waals surface area (Å²) in [7, 11) is 0. The van der Waals surface area contributed by atoms with E-state index in [9.17, 15) is 0 Å². The van der Waals surface area contributed by atoms with Gasteiger partial charge in [-0.3, -0.25) is 0 Å². The van der Waals surface area contributed by atoms with E-state index in [1.807, 2.05) is 6.07 Å². The summed E-state index contributed by atoms with van der Waals surface area (Å²) < 4.78 is 0. The standard InChI is InChI=1S/C18H27N5/c1-3-23(4-2)13-12-20-17-14-8-5-6-9-15(14)21-18(22-17)16-10-7-11-19-16/h5-6,8-9,16,19H,3-4,7,10-13H2,1-2H3,(H,20,21,22). The van der Waals surface area contributed by atoms with Crippen LogP contribution in [0.5, 0.6) is 0 Å². The molecule has 0 bridgehead atoms. The average Bonchev–Trinajstić information content (AvgIpc) is 3.13. The monoisotopic (exact) mass is 313 g/mol. The molecular weight excluding hydrogens is 286 g/mol. The van der Waals surface area contributed by atoms with Crippen LogP contribution in [0.3, 0.4) is 0 Å². The van der Waals surface area contributed by atoms with Crippen molar-refractivity contribution >= 4 is 16.7 Å². The first-order chi connectivity index (χ1) is 11.3. The van der Waals surface area contributed by atoms with E-state index in [0.717, 1.165) is 61.7 Å². The number of likely N-dealkylation sites (N-methyl/N-ethyl adjacent to an activating group) is 1. The van der Waals surface area contributed by atoms with Gasteiger partial charge in [0, 0.05) is 18.5 Å². The normalized spacial score (nSPS) is 18.0. The fourth-order valence-electron chi connectivity index (χ4n) is 3.16. The highest BCUT2D eigenvalue weighted by molar-refractivity contribution is 5.89. The van der Waals surface area contributed by atoms with Gasteiger partial charge in [-0.05, 0) is 44.6 Å². The van der Waals surface area contributed by atoms with E-state index in [0.29, 0.717) is 6.04 Å². The lowest BCUT2D eigenvalue weighted by molar-refractivity contribution is 0.316. The van der Waals surface area contributed by atoms with E-state index in [4.69, 9.17) is 9.97 Å². The molecule has 2 aromatic rings. The van der Waals surface area contributed by atoms with Gasteiger partial charge >= 0.3 is 0 Å². The van der Waals surface area contributed by atoms with Crippen LogP contribution in [0.25, 0.3) is 10.9 Å². The minimum atomic E-state index is 0.294. The largest absolute Gasteiger partial charge is 0.368 e. The van der Waals surface area contributed by atoms with Crippen LogP contribution in [0.4, 0.5) is 5.82 Å². The molecular formula is C18H27N5. The summed E-state index contributed by atoms with van der Waals surface area (Å²) in [4.78, 5) is 12.0. The second kappa shape index (κ2) is 7.70. The number of nitrogens with zero attached hydrogens (tertiary/aromatic N) is 3. The Hall–Kier alpha value is -1.72. The van der Waals surface area contributed by atoms with Gasteiger partial charge in [-0.25, -0.2) is 9.97 Å². The smallest absolute Gasteiger partial charge is 0.148 e. The molecule has 2 N–H and O–H groups in total. The van der Waals surface area contributed by atoms with Crippen molar-refractivity contribution in [1.29, 1.82) is 0 Å². The predicted molar refractivity (Wildman–Crippen MR) is 95.8 cm³/mol. The average molecular weight is 313 g/mol. The third kappa shape index (κ3) is 3.79. The van der Waals surface area contributed by atoms with Crippen molar-refractivity contribution in [2.45, 2.75) is 32.7 Å². The van der Waals surface area contributed by atoms with Crippen LogP contribution < -0.4 is 10.6 Å². The molecule has 0 aliphatic carbocycles. The maximum Gasteiger partial charge on any atom is 0.148 e. The number of rotatable bonds is 7. The van der Waals surface area contributed by atoms with Crippen LogP contribution >= 0.6 is 0 Å². The van der Waals surface area contributed by atoms with Crippen LogP contribution in [0, 0.1) is 0 Å². The zero-order valence-electron chi connectivity index (χ0n) is 14.2. The maximum atomic E-state index is 4.83. The molecule has 0 amide bonds. The topological polar surface area (TPSA) is 53.1 Å².